The summed E-state index contributed by atoms with van der Waals surface area (Å²) in [4.78, 5) is 27.6. The molecule has 0 aromatic carbocycles. The van der Waals surface area contributed by atoms with E-state index in [9.17, 15) is 9.59 Å². The van der Waals surface area contributed by atoms with Crippen LogP contribution in [0.25, 0.3) is 0 Å². The van der Waals surface area contributed by atoms with E-state index in [0.717, 1.165) is 55.3 Å². The standard InChI is InChI=1S/C17H20N4O2/c1-21-15-7-3-6-14(12(15)9-18-21)20-17(23)11-8-10-4-2-5-13(10)19-16(11)22/h8-9,14H,2-7H2,1H3,(H,19,22)(H,20,23)/t14-/m0/s1. The highest BCUT2D eigenvalue weighted by Crippen LogP contribution is 2.29. The second-order valence-electron chi connectivity index (χ2n) is 6.46. The van der Waals surface area contributed by atoms with Gasteiger partial charge in [0.1, 0.15) is 5.56 Å². The van der Waals surface area contributed by atoms with Crippen LogP contribution in [0.5, 0.6) is 0 Å². The van der Waals surface area contributed by atoms with E-state index in [4.69, 9.17) is 0 Å². The van der Waals surface area contributed by atoms with Crippen molar-refractivity contribution in [1.29, 1.82) is 0 Å². The maximum absolute atomic E-state index is 12.6. The number of fused-ring (bicyclic) bond motifs is 2. The quantitative estimate of drug-likeness (QED) is 0.880. The normalized spacial score (nSPS) is 19.3. The van der Waals surface area contributed by atoms with Gasteiger partial charge in [0, 0.05) is 24.0 Å². The van der Waals surface area contributed by atoms with E-state index in [1.165, 1.54) is 5.69 Å². The summed E-state index contributed by atoms with van der Waals surface area (Å²) in [5.41, 5.74) is 4.26. The second-order valence-corrected chi connectivity index (χ2v) is 6.46. The first-order valence-corrected chi connectivity index (χ1v) is 8.20. The SMILES string of the molecule is Cn1ncc2c1CCC[C@@H]2NC(=O)c1cc2c([nH]c1=O)CCC2. The zero-order valence-corrected chi connectivity index (χ0v) is 13.2. The molecule has 0 fully saturated rings. The van der Waals surface area contributed by atoms with Crippen LogP contribution in [0, 0.1) is 0 Å². The van der Waals surface area contributed by atoms with E-state index >= 15 is 0 Å². The number of nitrogens with one attached hydrogen (secondary N) is 2. The zero-order valence-electron chi connectivity index (χ0n) is 13.2. The summed E-state index contributed by atoms with van der Waals surface area (Å²) in [7, 11) is 1.92. The lowest BCUT2D eigenvalue weighted by atomic mass is 9.92. The summed E-state index contributed by atoms with van der Waals surface area (Å²) >= 11 is 0. The molecule has 2 N–H and O–H groups in total. The molecule has 1 amide bonds. The smallest absolute Gasteiger partial charge is 0.261 e. The van der Waals surface area contributed by atoms with Crippen LogP contribution in [0.4, 0.5) is 0 Å². The Morgan fingerprint density at radius 3 is 3.09 bits per heavy atom. The van der Waals surface area contributed by atoms with Crippen LogP contribution in [0.2, 0.25) is 0 Å². The molecular weight excluding hydrogens is 292 g/mol. The predicted molar refractivity (Wildman–Crippen MR) is 85.4 cm³/mol. The molecule has 0 bridgehead atoms. The molecule has 2 aliphatic carbocycles. The largest absolute Gasteiger partial charge is 0.345 e. The highest BCUT2D eigenvalue weighted by atomic mass is 16.2. The summed E-state index contributed by atoms with van der Waals surface area (Å²) in [5, 5.41) is 7.32. The molecule has 0 unspecified atom stereocenters. The van der Waals surface area contributed by atoms with Crippen molar-refractivity contribution in [1.82, 2.24) is 20.1 Å². The monoisotopic (exact) mass is 312 g/mol. The minimum atomic E-state index is -0.289. The molecule has 120 valence electrons. The topological polar surface area (TPSA) is 79.8 Å². The van der Waals surface area contributed by atoms with Gasteiger partial charge in [0.2, 0.25) is 0 Å². The van der Waals surface area contributed by atoms with Gasteiger partial charge in [-0.1, -0.05) is 0 Å². The van der Waals surface area contributed by atoms with Gasteiger partial charge in [-0.3, -0.25) is 14.3 Å². The van der Waals surface area contributed by atoms with E-state index in [2.05, 4.69) is 15.4 Å². The zero-order chi connectivity index (χ0) is 16.0. The molecule has 4 rings (SSSR count). The van der Waals surface area contributed by atoms with Crippen LogP contribution in [0.3, 0.4) is 0 Å². The molecule has 6 nitrogen and oxygen atoms in total. The molecule has 2 heterocycles. The number of hydrogen-bond acceptors (Lipinski definition) is 3. The number of aryl methyl sites for hydroxylation is 3. The lowest BCUT2D eigenvalue weighted by molar-refractivity contribution is 0.0931. The van der Waals surface area contributed by atoms with Crippen LogP contribution in [0.1, 0.15) is 58.2 Å². The molecule has 6 heteroatoms. The maximum atomic E-state index is 12.6. The van der Waals surface area contributed by atoms with E-state index < -0.39 is 0 Å². The molecule has 0 radical (unpaired) electrons. The highest BCUT2D eigenvalue weighted by molar-refractivity contribution is 5.94. The van der Waals surface area contributed by atoms with Gasteiger partial charge in [0.05, 0.1) is 12.2 Å². The molecule has 2 aliphatic rings. The van der Waals surface area contributed by atoms with E-state index in [1.807, 2.05) is 17.9 Å². The fourth-order valence-electron chi connectivity index (χ4n) is 3.77. The summed E-state index contributed by atoms with van der Waals surface area (Å²) < 4.78 is 1.87. The number of H-pyrrole nitrogens is 1. The third-order valence-corrected chi connectivity index (χ3v) is 5.01. The van der Waals surface area contributed by atoms with Crippen LogP contribution < -0.4 is 10.9 Å². The Bertz CT molecular complexity index is 834. The van der Waals surface area contributed by atoms with Gasteiger partial charge in [0.15, 0.2) is 0 Å². The van der Waals surface area contributed by atoms with Crippen molar-refractivity contribution < 1.29 is 4.79 Å². The fourth-order valence-corrected chi connectivity index (χ4v) is 3.77. The van der Waals surface area contributed by atoms with E-state index in [-0.39, 0.29) is 23.1 Å². The molecule has 0 aliphatic heterocycles. The van der Waals surface area contributed by atoms with Gasteiger partial charge in [0.25, 0.3) is 11.5 Å². The summed E-state index contributed by atoms with van der Waals surface area (Å²) in [6.07, 6.45) is 7.57. The fraction of sp³-hybridized carbons (Fsp3) is 0.471. The number of carbonyl (C=O) groups is 1. The van der Waals surface area contributed by atoms with Gasteiger partial charge < -0.3 is 10.3 Å². The lowest BCUT2D eigenvalue weighted by Crippen LogP contribution is -2.34. The predicted octanol–water partition coefficient (Wildman–Crippen LogP) is 1.40. The van der Waals surface area contributed by atoms with E-state index in [0.29, 0.717) is 0 Å². The lowest BCUT2D eigenvalue weighted by Gasteiger charge is -2.23. The number of aromatic nitrogens is 3. The average molecular weight is 312 g/mol. The molecule has 1 atom stereocenters. The number of rotatable bonds is 2. The first-order chi connectivity index (χ1) is 11.1. The summed E-state index contributed by atoms with van der Waals surface area (Å²) in [5.74, 6) is -0.289. The molecule has 2 aromatic rings. The first-order valence-electron chi connectivity index (χ1n) is 8.20. The molecule has 2 aromatic heterocycles. The van der Waals surface area contributed by atoms with Gasteiger partial charge in [-0.15, -0.1) is 0 Å². The summed E-state index contributed by atoms with van der Waals surface area (Å²) in [6, 6.07) is 1.70. The molecule has 0 spiro atoms. The average Bonchev–Trinajstić information content (AvgIpc) is 3.13. The highest BCUT2D eigenvalue weighted by Gasteiger charge is 2.26. The van der Waals surface area contributed by atoms with Crippen molar-refractivity contribution in [3.63, 3.8) is 0 Å². The minimum absolute atomic E-state index is 0.0624. The van der Waals surface area contributed by atoms with E-state index in [1.54, 1.807) is 6.07 Å². The number of aromatic amines is 1. The van der Waals surface area contributed by atoms with Crippen LogP contribution in [0.15, 0.2) is 17.1 Å². The van der Waals surface area contributed by atoms with Gasteiger partial charge in [-0.05, 0) is 50.2 Å². The third kappa shape index (κ3) is 2.38. The molecule has 0 saturated carbocycles. The van der Waals surface area contributed by atoms with Crippen molar-refractivity contribution in [2.24, 2.45) is 7.05 Å². The Balaban J connectivity index is 1.61. The Morgan fingerprint density at radius 1 is 1.35 bits per heavy atom. The van der Waals surface area contributed by atoms with Crippen molar-refractivity contribution in [2.75, 3.05) is 0 Å². The van der Waals surface area contributed by atoms with Gasteiger partial charge in [-0.25, -0.2) is 0 Å². The van der Waals surface area contributed by atoms with Crippen molar-refractivity contribution in [3.8, 4) is 0 Å². The molecular formula is C17H20N4O2. The van der Waals surface area contributed by atoms with Crippen LogP contribution in [-0.4, -0.2) is 20.7 Å². The van der Waals surface area contributed by atoms with Crippen molar-refractivity contribution in [2.45, 2.75) is 44.6 Å². The molecule has 23 heavy (non-hydrogen) atoms. The number of hydrogen-bond donors (Lipinski definition) is 2. The Kier molecular flexibility index (Phi) is 3.32. The third-order valence-electron chi connectivity index (χ3n) is 5.01. The first kappa shape index (κ1) is 14.2. The Labute approximate surface area is 133 Å². The van der Waals surface area contributed by atoms with Crippen LogP contribution >= 0.6 is 0 Å². The maximum Gasteiger partial charge on any atom is 0.261 e. The Hall–Kier alpha value is -2.37. The number of carbonyl (C=O) groups excluding carboxylic acids is 1. The summed E-state index contributed by atoms with van der Waals surface area (Å²) in [6.45, 7) is 0. The molecule has 0 saturated heterocycles. The van der Waals surface area contributed by atoms with Gasteiger partial charge >= 0.3 is 0 Å². The van der Waals surface area contributed by atoms with Crippen molar-refractivity contribution in [3.05, 3.63) is 50.7 Å². The number of amides is 1. The number of pyridine rings is 1. The minimum Gasteiger partial charge on any atom is -0.345 e. The van der Waals surface area contributed by atoms with Crippen molar-refractivity contribution >= 4 is 5.91 Å². The second kappa shape index (κ2) is 5.37. The van der Waals surface area contributed by atoms with Gasteiger partial charge in [-0.2, -0.15) is 5.10 Å². The van der Waals surface area contributed by atoms with Crippen LogP contribution in [-0.2, 0) is 26.3 Å². The number of nitrogens with zero attached hydrogens (tertiary/aromatic N) is 2. The Morgan fingerprint density at radius 2 is 2.22 bits per heavy atom.